The third-order valence-electron chi connectivity index (χ3n) is 3.90. The Labute approximate surface area is 130 Å². The van der Waals surface area contributed by atoms with Crippen LogP contribution in [0.2, 0.25) is 0 Å². The fourth-order valence-corrected chi connectivity index (χ4v) is 3.41. The predicted molar refractivity (Wildman–Crippen MR) is 85.5 cm³/mol. The second-order valence-electron chi connectivity index (χ2n) is 5.81. The van der Waals surface area contributed by atoms with Gasteiger partial charge in [0.15, 0.2) is 0 Å². The number of nitrogens with one attached hydrogen (secondary N) is 2. The highest BCUT2D eigenvalue weighted by molar-refractivity contribution is 7.10. The first-order valence-corrected chi connectivity index (χ1v) is 8.35. The van der Waals surface area contributed by atoms with E-state index in [1.165, 1.54) is 4.88 Å². The third-order valence-corrected chi connectivity index (χ3v) is 4.87. The highest BCUT2D eigenvalue weighted by Crippen LogP contribution is 2.33. The quantitative estimate of drug-likeness (QED) is 0.686. The molecule has 3 N–H and O–H groups in total. The monoisotopic (exact) mass is 311 g/mol. The summed E-state index contributed by atoms with van der Waals surface area (Å²) >= 11 is 1.70. The molecular weight excluding hydrogens is 286 g/mol. The molecule has 0 radical (unpaired) electrons. The minimum absolute atomic E-state index is 0.106. The molecular formula is C15H25N3O2S. The summed E-state index contributed by atoms with van der Waals surface area (Å²) in [6.45, 7) is 0.701. The number of aliphatic hydroxyl groups excluding tert-OH is 1. The summed E-state index contributed by atoms with van der Waals surface area (Å²) in [5.41, 5.74) is 0. The van der Waals surface area contributed by atoms with Gasteiger partial charge in [-0.2, -0.15) is 0 Å². The molecule has 1 aliphatic rings. The Bertz CT molecular complexity index is 432. The molecule has 0 aromatic carbocycles. The van der Waals surface area contributed by atoms with Gasteiger partial charge in [0, 0.05) is 24.1 Å². The molecule has 0 unspecified atom stereocenters. The maximum Gasteiger partial charge on any atom is 0.315 e. The van der Waals surface area contributed by atoms with Gasteiger partial charge in [0.1, 0.15) is 0 Å². The van der Waals surface area contributed by atoms with Gasteiger partial charge in [-0.1, -0.05) is 6.07 Å². The van der Waals surface area contributed by atoms with Crippen molar-refractivity contribution in [2.45, 2.75) is 31.3 Å². The number of hydrogen-bond acceptors (Lipinski definition) is 4. The molecule has 2 amide bonds. The molecule has 1 saturated carbocycles. The lowest BCUT2D eigenvalue weighted by Crippen LogP contribution is -2.45. The first kappa shape index (κ1) is 16.3. The van der Waals surface area contributed by atoms with Gasteiger partial charge in [0.05, 0.1) is 6.04 Å². The van der Waals surface area contributed by atoms with Crippen molar-refractivity contribution in [2.75, 3.05) is 27.2 Å². The number of rotatable bonds is 8. The van der Waals surface area contributed by atoms with Gasteiger partial charge in [-0.3, -0.25) is 0 Å². The Morgan fingerprint density at radius 1 is 1.52 bits per heavy atom. The van der Waals surface area contributed by atoms with Crippen LogP contribution in [0.25, 0.3) is 0 Å². The van der Waals surface area contributed by atoms with E-state index in [9.17, 15) is 4.79 Å². The number of hydrogen-bond donors (Lipinski definition) is 3. The van der Waals surface area contributed by atoms with Crippen LogP contribution in [-0.2, 0) is 0 Å². The second-order valence-corrected chi connectivity index (χ2v) is 6.78. The summed E-state index contributed by atoms with van der Waals surface area (Å²) in [6.07, 6.45) is 2.95. The van der Waals surface area contributed by atoms with Crippen molar-refractivity contribution in [1.29, 1.82) is 0 Å². The SMILES string of the molecule is CN(C)[C@H](CNC(=O)N[C@@H](CCO)C1CC1)c1cccs1. The molecule has 0 aliphatic heterocycles. The van der Waals surface area contributed by atoms with Crippen molar-refractivity contribution in [3.8, 4) is 0 Å². The molecule has 21 heavy (non-hydrogen) atoms. The van der Waals surface area contributed by atoms with Gasteiger partial charge in [-0.25, -0.2) is 4.79 Å². The Morgan fingerprint density at radius 3 is 2.81 bits per heavy atom. The fourth-order valence-electron chi connectivity index (χ4n) is 2.49. The Morgan fingerprint density at radius 2 is 2.29 bits per heavy atom. The van der Waals surface area contributed by atoms with Crippen molar-refractivity contribution in [3.63, 3.8) is 0 Å². The van der Waals surface area contributed by atoms with Crippen LogP contribution in [0, 0.1) is 5.92 Å². The summed E-state index contributed by atoms with van der Waals surface area (Å²) in [5, 5.41) is 17.1. The largest absolute Gasteiger partial charge is 0.396 e. The molecule has 5 nitrogen and oxygen atoms in total. The Balaban J connectivity index is 1.81. The average Bonchev–Trinajstić information content (AvgIpc) is 3.15. The summed E-state index contributed by atoms with van der Waals surface area (Å²) in [7, 11) is 4.03. The number of thiophene rings is 1. The first-order chi connectivity index (χ1) is 10.1. The van der Waals surface area contributed by atoms with Gasteiger partial charge < -0.3 is 20.6 Å². The summed E-state index contributed by atoms with van der Waals surface area (Å²) < 4.78 is 0. The van der Waals surface area contributed by atoms with E-state index in [1.54, 1.807) is 11.3 Å². The van der Waals surface area contributed by atoms with Gasteiger partial charge >= 0.3 is 6.03 Å². The molecule has 0 spiro atoms. The van der Waals surface area contributed by atoms with E-state index in [0.717, 1.165) is 12.8 Å². The van der Waals surface area contributed by atoms with E-state index < -0.39 is 0 Å². The normalized spacial score (nSPS) is 17.5. The van der Waals surface area contributed by atoms with Crippen LogP contribution in [-0.4, -0.2) is 49.3 Å². The van der Waals surface area contributed by atoms with Crippen molar-refractivity contribution in [3.05, 3.63) is 22.4 Å². The third kappa shape index (κ3) is 4.98. The van der Waals surface area contributed by atoms with E-state index in [4.69, 9.17) is 5.11 Å². The van der Waals surface area contributed by atoms with E-state index >= 15 is 0 Å². The van der Waals surface area contributed by atoms with Gasteiger partial charge in [-0.15, -0.1) is 11.3 Å². The lowest BCUT2D eigenvalue weighted by Gasteiger charge is -2.24. The molecule has 118 valence electrons. The van der Waals surface area contributed by atoms with Crippen LogP contribution in [0.15, 0.2) is 17.5 Å². The van der Waals surface area contributed by atoms with Crippen LogP contribution >= 0.6 is 11.3 Å². The van der Waals surface area contributed by atoms with Gasteiger partial charge in [-0.05, 0) is 50.7 Å². The minimum atomic E-state index is -0.135. The zero-order valence-corrected chi connectivity index (χ0v) is 13.5. The highest BCUT2D eigenvalue weighted by Gasteiger charge is 2.31. The van der Waals surface area contributed by atoms with Crippen molar-refractivity contribution in [2.24, 2.45) is 5.92 Å². The average molecular weight is 311 g/mol. The van der Waals surface area contributed by atoms with Crippen LogP contribution in [0.4, 0.5) is 4.79 Å². The van der Waals surface area contributed by atoms with Gasteiger partial charge in [0.25, 0.3) is 0 Å². The minimum Gasteiger partial charge on any atom is -0.396 e. The summed E-state index contributed by atoms with van der Waals surface area (Å²) in [6, 6.07) is 4.28. The molecule has 2 atom stereocenters. The Kier molecular flexibility index (Phi) is 6.02. The number of carbonyl (C=O) groups excluding carboxylic acids is 1. The zero-order chi connectivity index (χ0) is 15.2. The number of amides is 2. The lowest BCUT2D eigenvalue weighted by atomic mass is 10.1. The molecule has 1 heterocycles. The Hall–Kier alpha value is -1.11. The van der Waals surface area contributed by atoms with Crippen molar-refractivity contribution in [1.82, 2.24) is 15.5 Å². The number of carbonyl (C=O) groups is 1. The molecule has 2 rings (SSSR count). The summed E-state index contributed by atoms with van der Waals surface area (Å²) in [5.74, 6) is 0.546. The number of nitrogens with zero attached hydrogens (tertiary/aromatic N) is 1. The summed E-state index contributed by atoms with van der Waals surface area (Å²) in [4.78, 5) is 15.4. The molecule has 0 bridgehead atoms. The van der Waals surface area contributed by atoms with E-state index in [0.29, 0.717) is 18.9 Å². The van der Waals surface area contributed by atoms with E-state index in [1.807, 2.05) is 20.2 Å². The van der Waals surface area contributed by atoms with E-state index in [-0.39, 0.29) is 24.7 Å². The zero-order valence-electron chi connectivity index (χ0n) is 12.7. The first-order valence-electron chi connectivity index (χ1n) is 7.47. The van der Waals surface area contributed by atoms with Crippen LogP contribution in [0.5, 0.6) is 0 Å². The second kappa shape index (κ2) is 7.77. The smallest absolute Gasteiger partial charge is 0.315 e. The van der Waals surface area contributed by atoms with Gasteiger partial charge in [0.2, 0.25) is 0 Å². The topological polar surface area (TPSA) is 64.6 Å². The van der Waals surface area contributed by atoms with Crippen LogP contribution in [0.3, 0.4) is 0 Å². The van der Waals surface area contributed by atoms with Crippen molar-refractivity contribution >= 4 is 17.4 Å². The molecule has 1 aromatic rings. The molecule has 0 saturated heterocycles. The lowest BCUT2D eigenvalue weighted by molar-refractivity contribution is 0.219. The predicted octanol–water partition coefficient (Wildman–Crippen LogP) is 1.81. The number of aliphatic hydroxyl groups is 1. The fraction of sp³-hybridized carbons (Fsp3) is 0.667. The standard InChI is InChI=1S/C15H25N3O2S/c1-18(2)13(14-4-3-9-21-14)10-16-15(20)17-12(7-8-19)11-5-6-11/h3-4,9,11-13,19H,5-8,10H2,1-2H3,(H2,16,17,20)/t12-,13+/m0/s1. The molecule has 1 fully saturated rings. The van der Waals surface area contributed by atoms with Crippen LogP contribution < -0.4 is 10.6 Å². The molecule has 1 aromatic heterocycles. The molecule has 1 aliphatic carbocycles. The molecule has 6 heteroatoms. The van der Waals surface area contributed by atoms with E-state index in [2.05, 4.69) is 27.0 Å². The maximum atomic E-state index is 12.0. The maximum absolute atomic E-state index is 12.0. The van der Waals surface area contributed by atoms with Crippen LogP contribution in [0.1, 0.15) is 30.2 Å². The number of likely N-dealkylation sites (N-methyl/N-ethyl adjacent to an activating group) is 1. The highest BCUT2D eigenvalue weighted by atomic mass is 32.1. The number of urea groups is 1. The van der Waals surface area contributed by atoms with Crippen molar-refractivity contribution < 1.29 is 9.90 Å².